The highest BCUT2D eigenvalue weighted by Gasteiger charge is 2.27. The smallest absolute Gasteiger partial charge is 0.231 e. The normalized spacial score (nSPS) is 14.3. The maximum absolute atomic E-state index is 12.8. The van der Waals surface area contributed by atoms with Gasteiger partial charge in [0.25, 0.3) is 0 Å². The summed E-state index contributed by atoms with van der Waals surface area (Å²) in [5, 5.41) is 11.6. The standard InChI is InChI=1S/C21H22ClN5O3/c1-13(9-20(28)26-7-4-8-27-19(26)10-14(2)24-27)21(29)23-18-12-17(25-30-18)15-5-3-6-16(22)11-15/h3,5-6,10-13H,4,7-9H2,1-2H3,(H,23,29). The summed E-state index contributed by atoms with van der Waals surface area (Å²) in [5.41, 5.74) is 2.22. The Kier molecular flexibility index (Phi) is 5.59. The van der Waals surface area contributed by atoms with E-state index in [1.54, 1.807) is 30.0 Å². The largest absolute Gasteiger partial charge is 0.338 e. The Morgan fingerprint density at radius 2 is 2.10 bits per heavy atom. The number of carbonyl (C=O) groups excluding carboxylic acids is 2. The number of halogens is 1. The zero-order valence-corrected chi connectivity index (χ0v) is 17.5. The molecule has 3 heterocycles. The second-order valence-electron chi connectivity index (χ2n) is 7.45. The first kappa shape index (κ1) is 20.2. The quantitative estimate of drug-likeness (QED) is 0.666. The number of amides is 2. The van der Waals surface area contributed by atoms with Crippen LogP contribution in [0, 0.1) is 12.8 Å². The van der Waals surface area contributed by atoms with Gasteiger partial charge in [0.05, 0.1) is 5.69 Å². The van der Waals surface area contributed by atoms with Gasteiger partial charge in [-0.1, -0.05) is 35.8 Å². The van der Waals surface area contributed by atoms with Crippen LogP contribution in [0.3, 0.4) is 0 Å². The van der Waals surface area contributed by atoms with E-state index in [9.17, 15) is 9.59 Å². The zero-order chi connectivity index (χ0) is 21.3. The maximum Gasteiger partial charge on any atom is 0.231 e. The molecule has 2 amide bonds. The third kappa shape index (κ3) is 4.23. The Bertz CT molecular complexity index is 1090. The third-order valence-corrected chi connectivity index (χ3v) is 5.25. The van der Waals surface area contributed by atoms with Crippen LogP contribution in [-0.2, 0) is 16.1 Å². The lowest BCUT2D eigenvalue weighted by Gasteiger charge is -2.28. The molecule has 1 aliphatic heterocycles. The average molecular weight is 428 g/mol. The number of anilines is 2. The Morgan fingerprint density at radius 3 is 2.90 bits per heavy atom. The van der Waals surface area contributed by atoms with Gasteiger partial charge >= 0.3 is 0 Å². The number of hydrogen-bond donors (Lipinski definition) is 1. The summed E-state index contributed by atoms with van der Waals surface area (Å²) in [6.07, 6.45) is 0.927. The summed E-state index contributed by atoms with van der Waals surface area (Å²) in [5.74, 6) is 0.0739. The maximum atomic E-state index is 12.8. The Balaban J connectivity index is 1.38. The van der Waals surface area contributed by atoms with Crippen LogP contribution < -0.4 is 10.2 Å². The van der Waals surface area contributed by atoms with Crippen molar-refractivity contribution < 1.29 is 14.1 Å². The van der Waals surface area contributed by atoms with E-state index in [1.807, 2.05) is 29.8 Å². The lowest BCUT2D eigenvalue weighted by atomic mass is 10.1. The molecule has 0 saturated carbocycles. The first-order chi connectivity index (χ1) is 14.4. The molecule has 0 fully saturated rings. The lowest BCUT2D eigenvalue weighted by Crippen LogP contribution is -2.39. The molecule has 0 saturated heterocycles. The van der Waals surface area contributed by atoms with Gasteiger partial charge in [0.15, 0.2) is 0 Å². The van der Waals surface area contributed by atoms with Crippen LogP contribution in [0.5, 0.6) is 0 Å². The van der Waals surface area contributed by atoms with E-state index in [0.717, 1.165) is 30.0 Å². The fourth-order valence-corrected chi connectivity index (χ4v) is 3.68. The van der Waals surface area contributed by atoms with Crippen LogP contribution in [0.1, 0.15) is 25.5 Å². The number of hydrogen-bond acceptors (Lipinski definition) is 5. The van der Waals surface area contributed by atoms with Gasteiger partial charge in [0.1, 0.15) is 11.5 Å². The van der Waals surface area contributed by atoms with Crippen LogP contribution in [0.25, 0.3) is 11.3 Å². The minimum absolute atomic E-state index is 0.0886. The first-order valence-electron chi connectivity index (χ1n) is 9.79. The fraction of sp³-hybridized carbons (Fsp3) is 0.333. The predicted octanol–water partition coefficient (Wildman–Crippen LogP) is 3.90. The van der Waals surface area contributed by atoms with Crippen molar-refractivity contribution >= 4 is 35.1 Å². The number of fused-ring (bicyclic) bond motifs is 1. The van der Waals surface area contributed by atoms with Crippen molar-refractivity contribution in [3.8, 4) is 11.3 Å². The molecule has 8 nitrogen and oxygen atoms in total. The van der Waals surface area contributed by atoms with Crippen molar-refractivity contribution in [2.75, 3.05) is 16.8 Å². The zero-order valence-electron chi connectivity index (χ0n) is 16.8. The molecule has 4 rings (SSSR count). The number of nitrogens with one attached hydrogen (secondary N) is 1. The van der Waals surface area contributed by atoms with E-state index < -0.39 is 5.92 Å². The highest BCUT2D eigenvalue weighted by Crippen LogP contribution is 2.26. The van der Waals surface area contributed by atoms with Crippen molar-refractivity contribution in [3.05, 3.63) is 47.1 Å². The molecule has 30 heavy (non-hydrogen) atoms. The SMILES string of the molecule is Cc1cc2n(n1)CCCN2C(=O)CC(C)C(=O)Nc1cc(-c2cccc(Cl)c2)no1. The van der Waals surface area contributed by atoms with Gasteiger partial charge in [-0.15, -0.1) is 0 Å². The van der Waals surface area contributed by atoms with Gasteiger partial charge in [0, 0.05) is 48.1 Å². The van der Waals surface area contributed by atoms with Gasteiger partial charge < -0.3 is 4.52 Å². The minimum atomic E-state index is -0.531. The summed E-state index contributed by atoms with van der Waals surface area (Å²) in [6, 6.07) is 10.7. The molecule has 0 aliphatic carbocycles. The summed E-state index contributed by atoms with van der Waals surface area (Å²) < 4.78 is 7.06. The molecule has 9 heteroatoms. The highest BCUT2D eigenvalue weighted by molar-refractivity contribution is 6.30. The topological polar surface area (TPSA) is 93.3 Å². The molecule has 0 radical (unpaired) electrons. The fourth-order valence-electron chi connectivity index (χ4n) is 3.49. The number of carbonyl (C=O) groups is 2. The van der Waals surface area contributed by atoms with E-state index in [4.69, 9.17) is 16.1 Å². The summed E-state index contributed by atoms with van der Waals surface area (Å²) >= 11 is 6.00. The first-order valence-corrected chi connectivity index (χ1v) is 10.2. The molecular weight excluding hydrogens is 406 g/mol. The Hall–Kier alpha value is -3.13. The molecule has 1 aromatic carbocycles. The van der Waals surface area contributed by atoms with Crippen LogP contribution in [0.15, 0.2) is 40.9 Å². The number of rotatable bonds is 5. The highest BCUT2D eigenvalue weighted by atomic mass is 35.5. The van der Waals surface area contributed by atoms with Gasteiger partial charge in [-0.3, -0.25) is 19.8 Å². The van der Waals surface area contributed by atoms with Crippen molar-refractivity contribution in [1.29, 1.82) is 0 Å². The van der Waals surface area contributed by atoms with E-state index in [2.05, 4.69) is 15.6 Å². The second kappa shape index (κ2) is 8.31. The molecule has 3 aromatic rings. The van der Waals surface area contributed by atoms with E-state index in [1.165, 1.54) is 0 Å². The summed E-state index contributed by atoms with van der Waals surface area (Å²) in [7, 11) is 0. The molecule has 156 valence electrons. The van der Waals surface area contributed by atoms with Crippen molar-refractivity contribution in [2.24, 2.45) is 5.92 Å². The van der Waals surface area contributed by atoms with Crippen molar-refractivity contribution in [3.63, 3.8) is 0 Å². The molecule has 1 N–H and O–H groups in total. The summed E-state index contributed by atoms with van der Waals surface area (Å²) in [4.78, 5) is 27.1. The Labute approximate surface area is 178 Å². The number of aryl methyl sites for hydroxylation is 2. The third-order valence-electron chi connectivity index (χ3n) is 5.02. The van der Waals surface area contributed by atoms with Crippen LogP contribution >= 0.6 is 11.6 Å². The molecule has 1 aliphatic rings. The van der Waals surface area contributed by atoms with Gasteiger partial charge in [-0.05, 0) is 25.5 Å². The number of nitrogens with zero attached hydrogens (tertiary/aromatic N) is 4. The molecule has 1 atom stereocenters. The molecule has 0 bridgehead atoms. The van der Waals surface area contributed by atoms with Crippen LogP contribution in [0.2, 0.25) is 5.02 Å². The van der Waals surface area contributed by atoms with Crippen molar-refractivity contribution in [2.45, 2.75) is 33.2 Å². The number of benzene rings is 1. The van der Waals surface area contributed by atoms with E-state index >= 15 is 0 Å². The second-order valence-corrected chi connectivity index (χ2v) is 7.88. The van der Waals surface area contributed by atoms with Gasteiger partial charge in [-0.2, -0.15) is 5.10 Å². The molecular formula is C21H22ClN5O3. The number of aromatic nitrogens is 3. The van der Waals surface area contributed by atoms with Crippen molar-refractivity contribution in [1.82, 2.24) is 14.9 Å². The monoisotopic (exact) mass is 427 g/mol. The lowest BCUT2D eigenvalue weighted by molar-refractivity contribution is -0.125. The summed E-state index contributed by atoms with van der Waals surface area (Å²) in [6.45, 7) is 5.04. The van der Waals surface area contributed by atoms with Crippen LogP contribution in [0.4, 0.5) is 11.7 Å². The molecule has 1 unspecified atom stereocenters. The average Bonchev–Trinajstić information content (AvgIpc) is 3.33. The van der Waals surface area contributed by atoms with Gasteiger partial charge in [-0.25, -0.2) is 4.68 Å². The molecule has 0 spiro atoms. The Morgan fingerprint density at radius 1 is 1.27 bits per heavy atom. The van der Waals surface area contributed by atoms with Crippen LogP contribution in [-0.4, -0.2) is 33.3 Å². The van der Waals surface area contributed by atoms with E-state index in [0.29, 0.717) is 17.3 Å². The van der Waals surface area contributed by atoms with Gasteiger partial charge in [0.2, 0.25) is 17.7 Å². The van der Waals surface area contributed by atoms with E-state index in [-0.39, 0.29) is 24.1 Å². The molecule has 2 aromatic heterocycles. The predicted molar refractivity (Wildman–Crippen MR) is 113 cm³/mol. The minimum Gasteiger partial charge on any atom is -0.338 e.